The monoisotopic (exact) mass is 1370 g/mol. The zero-order chi connectivity index (χ0) is 69.2. The molecule has 0 saturated carbocycles. The highest BCUT2D eigenvalue weighted by Crippen LogP contribution is 2.65. The third-order valence-corrected chi connectivity index (χ3v) is 23.5. The molecule has 16 aromatic carbocycles. The van der Waals surface area contributed by atoms with E-state index in [4.69, 9.17) is 23.2 Å². The normalized spacial score (nSPS) is 13.8. The van der Waals surface area contributed by atoms with E-state index in [0.717, 1.165) is 102 Å². The van der Waals surface area contributed by atoms with Gasteiger partial charge in [-0.2, -0.15) is 0 Å². The van der Waals surface area contributed by atoms with Crippen LogP contribution in [0, 0.1) is 0 Å². The molecular weight excluding hydrogens is 1310 g/mol. The van der Waals surface area contributed by atoms with Crippen LogP contribution in [0.15, 0.2) is 364 Å². The molecule has 0 N–H and O–H groups in total. The van der Waals surface area contributed by atoms with Crippen molar-refractivity contribution in [3.05, 3.63) is 396 Å². The van der Waals surface area contributed by atoms with E-state index in [1.54, 1.807) is 0 Å². The van der Waals surface area contributed by atoms with Gasteiger partial charge >= 0.3 is 0 Å². The van der Waals surface area contributed by atoms with Crippen molar-refractivity contribution in [1.29, 1.82) is 0 Å². The molecule has 105 heavy (non-hydrogen) atoms. The molecule has 4 aliphatic heterocycles. The summed E-state index contributed by atoms with van der Waals surface area (Å²) in [4.78, 5) is 10.0. The van der Waals surface area contributed by atoms with Crippen molar-refractivity contribution < 1.29 is 0 Å². The summed E-state index contributed by atoms with van der Waals surface area (Å²) >= 11 is 15.5. The van der Waals surface area contributed by atoms with Crippen LogP contribution in [0.3, 0.4) is 0 Å². The second-order valence-corrected chi connectivity index (χ2v) is 29.3. The van der Waals surface area contributed by atoms with Gasteiger partial charge in [0.05, 0.1) is 16.8 Å². The fourth-order valence-corrected chi connectivity index (χ4v) is 19.4. The molecule has 488 valence electrons. The first kappa shape index (κ1) is 60.1. The third kappa shape index (κ3) is 8.73. The summed E-state index contributed by atoms with van der Waals surface area (Å²) in [5.41, 5.74) is 38.5. The van der Waals surface area contributed by atoms with Gasteiger partial charge in [-0.1, -0.05) is 302 Å². The number of hydrogen-bond acceptors (Lipinski definition) is 4. The number of fused-ring (bicyclic) bond motifs is 18. The van der Waals surface area contributed by atoms with Gasteiger partial charge in [-0.25, -0.2) is 0 Å². The predicted molar refractivity (Wildman–Crippen MR) is 443 cm³/mol. The quantitative estimate of drug-likeness (QED) is 0.141. The summed E-state index contributed by atoms with van der Waals surface area (Å²) in [6.07, 6.45) is 0. The number of hydrogen-bond donors (Lipinski definition) is 0. The first-order valence-electron chi connectivity index (χ1n) is 36.2. The van der Waals surface area contributed by atoms with Crippen molar-refractivity contribution in [2.75, 3.05) is 19.6 Å². The Morgan fingerprint density at radius 3 is 0.905 bits per heavy atom. The average molecular weight is 1370 g/mol. The van der Waals surface area contributed by atoms with E-state index in [1.807, 2.05) is 0 Å². The lowest BCUT2D eigenvalue weighted by molar-refractivity contribution is 0.794. The molecule has 0 radical (unpaired) electrons. The minimum atomic E-state index is -0.794. The van der Waals surface area contributed by atoms with Gasteiger partial charge in [-0.15, -0.1) is 0 Å². The van der Waals surface area contributed by atoms with E-state index in [1.165, 1.54) is 88.4 Å². The maximum absolute atomic E-state index is 7.77. The number of rotatable bonds is 8. The molecule has 0 saturated heterocycles. The summed E-state index contributed by atoms with van der Waals surface area (Å²) in [7, 11) is 0. The maximum Gasteiger partial charge on any atom is 0.252 e. The van der Waals surface area contributed by atoms with Gasteiger partial charge in [0.15, 0.2) is 0 Å². The van der Waals surface area contributed by atoms with Gasteiger partial charge in [0.1, 0.15) is 0 Å². The van der Waals surface area contributed by atoms with Crippen molar-refractivity contribution in [1.82, 2.24) is 0 Å². The van der Waals surface area contributed by atoms with E-state index in [0.29, 0.717) is 10.0 Å². The second kappa shape index (κ2) is 23.2. The molecule has 0 fully saturated rings. The zero-order valence-electron chi connectivity index (χ0n) is 56.8. The standard InChI is InChI=1S/C97H60B2Cl2N4/c100-67-53-91-95-93(55-67)104(85-45-25-21-39-71(85)63-31-11-3-12-32-63)87-49-47-65(61-27-7-1-8-28-61)51-81(87)98(95)83-57-75-73-41-19-23-43-77(73)97(79(75)59-89(83)102(91)69-35-15-5-16-36-69)78-44-24-20-42-74(78)76-58-84-90(60-80(76)97)103(70-37-17-6-18-38-70)92-54-68(101)56-94-96(92)99(84)82-52-66(62-29-9-2-10-30-62)48-50-88(82)105(94)86-46-26-22-40-72(86)64-33-13-4-14-34-64/h1-60H. The van der Waals surface area contributed by atoms with Crippen LogP contribution in [0.5, 0.6) is 0 Å². The third-order valence-electron chi connectivity index (χ3n) is 23.1. The van der Waals surface area contributed by atoms with Crippen LogP contribution in [0.4, 0.5) is 68.2 Å². The Labute approximate surface area is 621 Å². The van der Waals surface area contributed by atoms with Crippen LogP contribution in [-0.2, 0) is 5.41 Å². The van der Waals surface area contributed by atoms with Crippen LogP contribution in [0.2, 0.25) is 10.0 Å². The molecule has 1 spiro atoms. The minimum absolute atomic E-state index is 0.218. The largest absolute Gasteiger partial charge is 0.311 e. The fourth-order valence-electron chi connectivity index (χ4n) is 19.0. The lowest BCUT2D eigenvalue weighted by Gasteiger charge is -2.45. The SMILES string of the molecule is Clc1cc2c3c(c1)N(c1ccccc1-c1ccccc1)c1ccc(-c4ccccc4)cc1B3c1cc3c(cc1N2c1ccccc1)C1(c2ccccc2-3)c2ccccc2-c2cc3c(cc21)N(c1ccccc1)c1cc(Cl)cc2c1B3c1cc(-c3ccccc3)ccc1N2c1ccccc1-c1ccccc1. The van der Waals surface area contributed by atoms with Crippen molar-refractivity contribution in [3.8, 4) is 66.8 Å². The minimum Gasteiger partial charge on any atom is -0.311 e. The Balaban J connectivity index is 0.818. The summed E-state index contributed by atoms with van der Waals surface area (Å²) in [6.45, 7) is -0.435. The van der Waals surface area contributed by atoms with Gasteiger partial charge in [0.2, 0.25) is 0 Å². The van der Waals surface area contributed by atoms with Crippen LogP contribution in [0.1, 0.15) is 22.3 Å². The van der Waals surface area contributed by atoms with E-state index in [-0.39, 0.29) is 13.4 Å². The van der Waals surface area contributed by atoms with Gasteiger partial charge in [-0.3, -0.25) is 0 Å². The van der Waals surface area contributed by atoms with Crippen molar-refractivity contribution in [2.45, 2.75) is 5.41 Å². The van der Waals surface area contributed by atoms with Gasteiger partial charge in [-0.05, 0) is 196 Å². The summed E-state index contributed by atoms with van der Waals surface area (Å²) in [5, 5.41) is 1.32. The molecule has 0 bridgehead atoms. The Morgan fingerprint density at radius 2 is 0.514 bits per heavy atom. The lowest BCUT2D eigenvalue weighted by Crippen LogP contribution is -2.61. The Morgan fingerprint density at radius 1 is 0.200 bits per heavy atom. The van der Waals surface area contributed by atoms with Gasteiger partial charge in [0, 0.05) is 78.0 Å². The Bertz CT molecular complexity index is 5910. The van der Waals surface area contributed by atoms with E-state index >= 15 is 0 Å². The number of benzene rings is 16. The average Bonchev–Trinajstić information content (AvgIpc) is 1.58. The number of nitrogens with zero attached hydrogens (tertiary/aromatic N) is 4. The zero-order valence-corrected chi connectivity index (χ0v) is 58.4. The van der Waals surface area contributed by atoms with E-state index in [2.05, 4.69) is 384 Å². The van der Waals surface area contributed by atoms with Crippen molar-refractivity contribution in [3.63, 3.8) is 0 Å². The molecular formula is C97H60B2Cl2N4. The summed E-state index contributed by atoms with van der Waals surface area (Å²) in [5.74, 6) is 0. The Hall–Kier alpha value is -12.6. The van der Waals surface area contributed by atoms with Gasteiger partial charge in [0.25, 0.3) is 13.4 Å². The Kier molecular flexibility index (Phi) is 13.3. The molecule has 0 aromatic heterocycles. The highest BCUT2D eigenvalue weighted by molar-refractivity contribution is 7.01. The number of anilines is 12. The number of halogens is 2. The smallest absolute Gasteiger partial charge is 0.252 e. The van der Waals surface area contributed by atoms with Crippen LogP contribution in [-0.4, -0.2) is 13.4 Å². The molecule has 6 aliphatic rings. The molecule has 0 unspecified atom stereocenters. The second-order valence-electron chi connectivity index (χ2n) is 28.4. The van der Waals surface area contributed by atoms with Crippen LogP contribution >= 0.6 is 23.2 Å². The summed E-state index contributed by atoms with van der Waals surface area (Å²) in [6, 6.07) is 135. The molecule has 8 heteroatoms. The topological polar surface area (TPSA) is 13.0 Å². The first-order chi connectivity index (χ1) is 51.9. The van der Waals surface area contributed by atoms with E-state index in [9.17, 15) is 0 Å². The number of para-hydroxylation sites is 4. The molecule has 0 amide bonds. The highest BCUT2D eigenvalue weighted by atomic mass is 35.5. The molecule has 4 nitrogen and oxygen atoms in total. The molecule has 2 aliphatic carbocycles. The lowest BCUT2D eigenvalue weighted by atomic mass is 9.33. The summed E-state index contributed by atoms with van der Waals surface area (Å²) < 4.78 is 0. The molecule has 22 rings (SSSR count). The van der Waals surface area contributed by atoms with Gasteiger partial charge < -0.3 is 19.6 Å². The van der Waals surface area contributed by atoms with Crippen molar-refractivity contribution >= 4 is 138 Å². The van der Waals surface area contributed by atoms with Crippen LogP contribution in [0.25, 0.3) is 66.8 Å². The van der Waals surface area contributed by atoms with E-state index < -0.39 is 5.41 Å². The maximum atomic E-state index is 7.77. The molecule has 4 heterocycles. The highest BCUT2D eigenvalue weighted by Gasteiger charge is 2.56. The molecule has 16 aromatic rings. The van der Waals surface area contributed by atoms with Crippen molar-refractivity contribution in [2.24, 2.45) is 0 Å². The fraction of sp³-hybridized carbons (Fsp3) is 0.0103. The first-order valence-corrected chi connectivity index (χ1v) is 36.9. The van der Waals surface area contributed by atoms with Crippen LogP contribution < -0.4 is 52.4 Å². The molecule has 0 atom stereocenters. The predicted octanol–water partition coefficient (Wildman–Crippen LogP) is 22.2.